The van der Waals surface area contributed by atoms with Crippen molar-refractivity contribution in [1.82, 2.24) is 5.32 Å². The van der Waals surface area contributed by atoms with Crippen molar-refractivity contribution in [1.29, 1.82) is 0 Å². The van der Waals surface area contributed by atoms with E-state index in [-0.39, 0.29) is 0 Å². The van der Waals surface area contributed by atoms with Crippen LogP contribution in [0.1, 0.15) is 25.3 Å². The van der Waals surface area contributed by atoms with E-state index in [2.05, 4.69) is 5.32 Å². The number of hydrogen-bond donors (Lipinski definition) is 1. The highest BCUT2D eigenvalue weighted by Crippen LogP contribution is 2.29. The molecule has 5 nitrogen and oxygen atoms in total. The Bertz CT molecular complexity index is 586. The number of carbonyl (C=O) groups is 3. The number of imide groups is 2. The molecule has 1 aromatic rings. The van der Waals surface area contributed by atoms with Crippen LogP contribution in [-0.4, -0.2) is 17.8 Å². The van der Waals surface area contributed by atoms with Crippen LogP contribution in [0.15, 0.2) is 18.2 Å². The largest absolute Gasteiger partial charge is 0.335 e. The van der Waals surface area contributed by atoms with Crippen LogP contribution < -0.4 is 10.2 Å². The molecule has 1 aliphatic rings. The molecule has 1 fully saturated rings. The van der Waals surface area contributed by atoms with Gasteiger partial charge in [0.25, 0.3) is 0 Å². The lowest BCUT2D eigenvalue weighted by molar-refractivity contribution is -0.134. The van der Waals surface area contributed by atoms with Gasteiger partial charge in [-0.3, -0.25) is 14.9 Å². The summed E-state index contributed by atoms with van der Waals surface area (Å²) in [5.74, 6) is -1.85. The average Bonchev–Trinajstić information content (AvgIpc) is 2.39. The predicted molar refractivity (Wildman–Crippen MR) is 75.6 cm³/mol. The fraction of sp³-hybridized carbons (Fsp3) is 0.357. The molecular weight excluding hydrogens is 280 g/mol. The first-order valence-electron chi connectivity index (χ1n) is 6.41. The second kappa shape index (κ2) is 5.63. The Morgan fingerprint density at radius 3 is 2.65 bits per heavy atom. The first-order chi connectivity index (χ1) is 9.47. The summed E-state index contributed by atoms with van der Waals surface area (Å²) in [6, 6.07) is 4.26. The van der Waals surface area contributed by atoms with Crippen molar-refractivity contribution in [3.8, 4) is 0 Å². The number of anilines is 1. The second-order valence-corrected chi connectivity index (χ2v) is 5.10. The normalized spacial score (nSPS) is 19.2. The van der Waals surface area contributed by atoms with E-state index in [1.165, 1.54) is 0 Å². The third-order valence-electron chi connectivity index (χ3n) is 3.33. The van der Waals surface area contributed by atoms with Gasteiger partial charge >= 0.3 is 6.03 Å². The van der Waals surface area contributed by atoms with Crippen LogP contribution in [0, 0.1) is 12.8 Å². The predicted octanol–water partition coefficient (Wildman–Crippen LogP) is 2.65. The van der Waals surface area contributed by atoms with Crippen LogP contribution in [0.25, 0.3) is 0 Å². The van der Waals surface area contributed by atoms with Crippen LogP contribution in [0.3, 0.4) is 0 Å². The number of carbonyl (C=O) groups excluding carboxylic acids is 3. The highest BCUT2D eigenvalue weighted by Gasteiger charge is 2.41. The number of urea groups is 1. The number of benzene rings is 1. The van der Waals surface area contributed by atoms with Gasteiger partial charge in [0.15, 0.2) is 0 Å². The molecule has 0 radical (unpaired) electrons. The topological polar surface area (TPSA) is 66.5 Å². The van der Waals surface area contributed by atoms with E-state index in [4.69, 9.17) is 11.6 Å². The third-order valence-corrected chi connectivity index (χ3v) is 3.74. The molecule has 1 saturated heterocycles. The number of barbiturate groups is 1. The molecule has 20 heavy (non-hydrogen) atoms. The summed E-state index contributed by atoms with van der Waals surface area (Å²) in [6.45, 7) is 3.61. The Labute approximate surface area is 121 Å². The van der Waals surface area contributed by atoms with Gasteiger partial charge in [-0.15, -0.1) is 0 Å². The molecule has 0 aromatic heterocycles. The zero-order valence-corrected chi connectivity index (χ0v) is 12.0. The van der Waals surface area contributed by atoms with Crippen molar-refractivity contribution in [2.45, 2.75) is 26.7 Å². The number of halogens is 1. The summed E-state index contributed by atoms with van der Waals surface area (Å²) in [5.41, 5.74) is 1.04. The number of rotatable bonds is 3. The highest BCUT2D eigenvalue weighted by atomic mass is 35.5. The number of nitrogens with zero attached hydrogens (tertiary/aromatic N) is 1. The summed E-state index contributed by atoms with van der Waals surface area (Å²) >= 11 is 6.02. The first-order valence-corrected chi connectivity index (χ1v) is 6.79. The van der Waals surface area contributed by atoms with Gasteiger partial charge in [0.05, 0.1) is 5.69 Å². The minimum absolute atomic E-state index is 0.411. The maximum absolute atomic E-state index is 12.4. The average molecular weight is 295 g/mol. The van der Waals surface area contributed by atoms with Crippen molar-refractivity contribution in [3.05, 3.63) is 28.8 Å². The summed E-state index contributed by atoms with van der Waals surface area (Å²) in [7, 11) is 0. The standard InChI is InChI=1S/C14H15ClN2O3/c1-3-5-9-12(18)16-14(20)17(13(9)19)11-7-4-6-10(15)8(11)2/h4,6-7,9H,3,5H2,1-2H3,(H,16,18,20). The maximum atomic E-state index is 12.4. The molecule has 1 N–H and O–H groups in total. The fourth-order valence-corrected chi connectivity index (χ4v) is 2.40. The van der Waals surface area contributed by atoms with E-state index in [9.17, 15) is 14.4 Å². The molecule has 1 heterocycles. The van der Waals surface area contributed by atoms with Crippen molar-refractivity contribution < 1.29 is 14.4 Å². The zero-order chi connectivity index (χ0) is 14.9. The van der Waals surface area contributed by atoms with E-state index < -0.39 is 23.8 Å². The van der Waals surface area contributed by atoms with Crippen molar-refractivity contribution in [2.75, 3.05) is 4.90 Å². The molecule has 4 amide bonds. The van der Waals surface area contributed by atoms with Gasteiger partial charge in [0.1, 0.15) is 5.92 Å². The molecule has 0 aliphatic carbocycles. The molecule has 0 bridgehead atoms. The van der Waals surface area contributed by atoms with Crippen LogP contribution in [0.4, 0.5) is 10.5 Å². The molecule has 0 spiro atoms. The van der Waals surface area contributed by atoms with Crippen molar-refractivity contribution >= 4 is 35.1 Å². The highest BCUT2D eigenvalue weighted by molar-refractivity contribution is 6.33. The van der Waals surface area contributed by atoms with Crippen LogP contribution >= 0.6 is 11.6 Å². The Hall–Kier alpha value is -1.88. The lowest BCUT2D eigenvalue weighted by Gasteiger charge is -2.31. The molecule has 0 saturated carbocycles. The number of hydrogen-bond acceptors (Lipinski definition) is 3. The molecular formula is C14H15ClN2O3. The van der Waals surface area contributed by atoms with Crippen molar-refractivity contribution in [3.63, 3.8) is 0 Å². The minimum atomic E-state index is -0.823. The fourth-order valence-electron chi connectivity index (χ4n) is 2.23. The Morgan fingerprint density at radius 2 is 2.00 bits per heavy atom. The lowest BCUT2D eigenvalue weighted by atomic mass is 9.98. The third kappa shape index (κ3) is 2.41. The SMILES string of the molecule is CCCC1C(=O)NC(=O)N(c2cccc(Cl)c2C)C1=O. The molecule has 2 rings (SSSR count). The van der Waals surface area contributed by atoms with Crippen LogP contribution in [-0.2, 0) is 9.59 Å². The second-order valence-electron chi connectivity index (χ2n) is 4.69. The summed E-state index contributed by atoms with van der Waals surface area (Å²) < 4.78 is 0. The summed E-state index contributed by atoms with van der Waals surface area (Å²) in [4.78, 5) is 37.1. The quantitative estimate of drug-likeness (QED) is 0.872. The smallest absolute Gasteiger partial charge is 0.277 e. The van der Waals surface area contributed by atoms with Gasteiger partial charge in [-0.1, -0.05) is 31.0 Å². The van der Waals surface area contributed by atoms with Gasteiger partial charge < -0.3 is 0 Å². The Kier molecular flexibility index (Phi) is 4.09. The molecule has 1 atom stereocenters. The van der Waals surface area contributed by atoms with E-state index in [0.29, 0.717) is 29.1 Å². The van der Waals surface area contributed by atoms with Crippen LogP contribution in [0.5, 0.6) is 0 Å². The van der Waals surface area contributed by atoms with Gasteiger partial charge in [-0.2, -0.15) is 0 Å². The first kappa shape index (κ1) is 14.5. The maximum Gasteiger partial charge on any atom is 0.335 e. The summed E-state index contributed by atoms with van der Waals surface area (Å²) in [6.07, 6.45) is 1.09. The molecule has 1 aliphatic heterocycles. The minimum Gasteiger partial charge on any atom is -0.277 e. The Morgan fingerprint density at radius 1 is 1.30 bits per heavy atom. The summed E-state index contributed by atoms with van der Waals surface area (Å²) in [5, 5.41) is 2.69. The van der Waals surface area contributed by atoms with Gasteiger partial charge in [-0.05, 0) is 31.0 Å². The van der Waals surface area contributed by atoms with Gasteiger partial charge in [0, 0.05) is 5.02 Å². The van der Waals surface area contributed by atoms with Crippen molar-refractivity contribution in [2.24, 2.45) is 5.92 Å². The molecule has 106 valence electrons. The molecule has 6 heteroatoms. The van der Waals surface area contributed by atoms with E-state index in [1.54, 1.807) is 25.1 Å². The van der Waals surface area contributed by atoms with E-state index in [0.717, 1.165) is 4.90 Å². The monoisotopic (exact) mass is 294 g/mol. The van der Waals surface area contributed by atoms with Gasteiger partial charge in [0.2, 0.25) is 11.8 Å². The molecule has 1 aromatic carbocycles. The zero-order valence-electron chi connectivity index (χ0n) is 11.3. The van der Waals surface area contributed by atoms with E-state index in [1.807, 2.05) is 6.92 Å². The van der Waals surface area contributed by atoms with Gasteiger partial charge in [-0.25, -0.2) is 9.69 Å². The number of amides is 4. The number of nitrogens with one attached hydrogen (secondary N) is 1. The van der Waals surface area contributed by atoms with E-state index >= 15 is 0 Å². The lowest BCUT2D eigenvalue weighted by Crippen LogP contribution is -2.58. The molecule has 1 unspecified atom stereocenters. The Balaban J connectivity index is 2.44. The van der Waals surface area contributed by atoms with Crippen LogP contribution in [0.2, 0.25) is 5.02 Å².